The van der Waals surface area contributed by atoms with Crippen LogP contribution in [-0.2, 0) is 16.0 Å². The van der Waals surface area contributed by atoms with Crippen molar-refractivity contribution < 1.29 is 14.3 Å². The normalized spacial score (nSPS) is 15.3. The van der Waals surface area contributed by atoms with E-state index in [1.54, 1.807) is 19.2 Å². The smallest absolute Gasteiger partial charge is 0.227 e. The van der Waals surface area contributed by atoms with Crippen molar-refractivity contribution >= 4 is 23.4 Å². The van der Waals surface area contributed by atoms with Gasteiger partial charge in [0.15, 0.2) is 0 Å². The first-order chi connectivity index (χ1) is 11.0. The summed E-state index contributed by atoms with van der Waals surface area (Å²) in [6, 6.07) is 5.39. The summed E-state index contributed by atoms with van der Waals surface area (Å²) in [6.45, 7) is 4.49. The number of benzene rings is 1. The number of hydrogen-bond donors (Lipinski definition) is 0. The highest BCUT2D eigenvalue weighted by atomic mass is 35.5. The maximum atomic E-state index is 12.5. The summed E-state index contributed by atoms with van der Waals surface area (Å²) in [5.74, 6) is 0.824. The fourth-order valence-corrected chi connectivity index (χ4v) is 3.03. The average molecular weight is 339 g/mol. The highest BCUT2D eigenvalue weighted by molar-refractivity contribution is 6.32. The van der Waals surface area contributed by atoms with Crippen LogP contribution < -0.4 is 4.74 Å². The second-order valence-corrected chi connectivity index (χ2v) is 6.02. The molecular weight excluding hydrogens is 316 g/mol. The van der Waals surface area contributed by atoms with Crippen LogP contribution in [0, 0.1) is 0 Å². The van der Waals surface area contributed by atoms with E-state index >= 15 is 0 Å². The lowest BCUT2D eigenvalue weighted by Crippen LogP contribution is -2.37. The van der Waals surface area contributed by atoms with Gasteiger partial charge in [-0.2, -0.15) is 0 Å². The molecule has 2 amide bonds. The number of carbonyl (C=O) groups excluding carboxylic acids is 2. The standard InChI is InChI=1S/C17H23ClN2O3/c1-3-16(21)19-7-4-8-20(10-9-19)17(22)12-13-5-6-15(23-2)14(18)11-13/h5-6,11H,3-4,7-10,12H2,1-2H3. The van der Waals surface area contributed by atoms with Gasteiger partial charge in [0.25, 0.3) is 0 Å². The third-order valence-corrected chi connectivity index (χ3v) is 4.37. The second-order valence-electron chi connectivity index (χ2n) is 5.61. The molecule has 0 spiro atoms. The summed E-state index contributed by atoms with van der Waals surface area (Å²) in [5, 5.41) is 0.508. The fraction of sp³-hybridized carbons (Fsp3) is 0.529. The van der Waals surface area contributed by atoms with Crippen molar-refractivity contribution in [3.63, 3.8) is 0 Å². The van der Waals surface area contributed by atoms with Crippen molar-refractivity contribution in [2.75, 3.05) is 33.3 Å². The first-order valence-electron chi connectivity index (χ1n) is 7.93. The number of nitrogens with zero attached hydrogens (tertiary/aromatic N) is 2. The first-order valence-corrected chi connectivity index (χ1v) is 8.31. The summed E-state index contributed by atoms with van der Waals surface area (Å²) in [6.07, 6.45) is 1.64. The molecule has 126 valence electrons. The van der Waals surface area contributed by atoms with E-state index in [0.717, 1.165) is 18.5 Å². The summed E-state index contributed by atoms with van der Waals surface area (Å²) in [4.78, 5) is 27.9. The zero-order chi connectivity index (χ0) is 16.8. The van der Waals surface area contributed by atoms with E-state index in [0.29, 0.717) is 43.2 Å². The number of hydrogen-bond acceptors (Lipinski definition) is 3. The van der Waals surface area contributed by atoms with E-state index in [4.69, 9.17) is 16.3 Å². The summed E-state index contributed by atoms with van der Waals surface area (Å²) in [5.41, 5.74) is 0.867. The minimum atomic E-state index is 0.0667. The lowest BCUT2D eigenvalue weighted by Gasteiger charge is -2.22. The van der Waals surface area contributed by atoms with Crippen LogP contribution in [0.25, 0.3) is 0 Å². The molecule has 5 nitrogen and oxygen atoms in total. The Balaban J connectivity index is 1.95. The molecule has 0 N–H and O–H groups in total. The quantitative estimate of drug-likeness (QED) is 0.846. The van der Waals surface area contributed by atoms with E-state index in [9.17, 15) is 9.59 Å². The van der Waals surface area contributed by atoms with Gasteiger partial charge < -0.3 is 14.5 Å². The van der Waals surface area contributed by atoms with Gasteiger partial charge in [-0.15, -0.1) is 0 Å². The van der Waals surface area contributed by atoms with Crippen molar-refractivity contribution in [3.05, 3.63) is 28.8 Å². The molecule has 1 fully saturated rings. The minimum Gasteiger partial charge on any atom is -0.495 e. The lowest BCUT2D eigenvalue weighted by atomic mass is 10.1. The Morgan fingerprint density at radius 3 is 2.35 bits per heavy atom. The Hall–Kier alpha value is -1.75. The van der Waals surface area contributed by atoms with E-state index in [1.165, 1.54) is 0 Å². The Labute approximate surface area is 142 Å². The predicted molar refractivity (Wildman–Crippen MR) is 89.8 cm³/mol. The zero-order valence-corrected chi connectivity index (χ0v) is 14.4. The number of methoxy groups -OCH3 is 1. The van der Waals surface area contributed by atoms with Crippen LogP contribution in [-0.4, -0.2) is 54.9 Å². The topological polar surface area (TPSA) is 49.9 Å². The van der Waals surface area contributed by atoms with E-state index in [2.05, 4.69) is 0 Å². The third kappa shape index (κ3) is 4.61. The predicted octanol–water partition coefficient (Wildman–Crippen LogP) is 2.36. The lowest BCUT2D eigenvalue weighted by molar-refractivity contribution is -0.133. The van der Waals surface area contributed by atoms with Crippen molar-refractivity contribution in [2.45, 2.75) is 26.2 Å². The number of halogens is 1. The zero-order valence-electron chi connectivity index (χ0n) is 13.7. The molecular formula is C17H23ClN2O3. The summed E-state index contributed by atoms with van der Waals surface area (Å²) in [7, 11) is 1.56. The molecule has 0 radical (unpaired) electrons. The Morgan fingerprint density at radius 1 is 1.13 bits per heavy atom. The first kappa shape index (κ1) is 17.6. The van der Waals surface area contributed by atoms with Crippen LogP contribution in [0.1, 0.15) is 25.3 Å². The Kier molecular flexibility index (Phi) is 6.28. The Morgan fingerprint density at radius 2 is 1.78 bits per heavy atom. The third-order valence-electron chi connectivity index (χ3n) is 4.08. The molecule has 0 aromatic heterocycles. The maximum absolute atomic E-state index is 12.5. The molecule has 23 heavy (non-hydrogen) atoms. The Bertz CT molecular complexity index is 577. The molecule has 1 aromatic carbocycles. The highest BCUT2D eigenvalue weighted by Gasteiger charge is 2.21. The SMILES string of the molecule is CCC(=O)N1CCCN(C(=O)Cc2ccc(OC)c(Cl)c2)CC1. The van der Waals surface area contributed by atoms with Crippen LogP contribution in [0.2, 0.25) is 5.02 Å². The van der Waals surface area contributed by atoms with Gasteiger partial charge >= 0.3 is 0 Å². The molecule has 6 heteroatoms. The van der Waals surface area contributed by atoms with Crippen molar-refractivity contribution in [3.8, 4) is 5.75 Å². The van der Waals surface area contributed by atoms with Gasteiger partial charge in [-0.1, -0.05) is 24.6 Å². The molecule has 1 aliphatic heterocycles. The second kappa shape index (κ2) is 8.20. The molecule has 1 heterocycles. The molecule has 1 aromatic rings. The molecule has 0 bridgehead atoms. The van der Waals surface area contributed by atoms with Gasteiger partial charge in [-0.3, -0.25) is 9.59 Å². The van der Waals surface area contributed by atoms with E-state index < -0.39 is 0 Å². The van der Waals surface area contributed by atoms with Crippen molar-refractivity contribution in [2.24, 2.45) is 0 Å². The van der Waals surface area contributed by atoms with Gasteiger partial charge in [0.05, 0.1) is 18.6 Å². The fourth-order valence-electron chi connectivity index (χ4n) is 2.75. The number of carbonyl (C=O) groups is 2. The minimum absolute atomic E-state index is 0.0667. The van der Waals surface area contributed by atoms with Gasteiger partial charge in [0.2, 0.25) is 11.8 Å². The molecule has 2 rings (SSSR count). The van der Waals surface area contributed by atoms with Crippen LogP contribution in [0.4, 0.5) is 0 Å². The van der Waals surface area contributed by atoms with Crippen molar-refractivity contribution in [1.82, 2.24) is 9.80 Å². The van der Waals surface area contributed by atoms with E-state index in [-0.39, 0.29) is 11.8 Å². The molecule has 0 aliphatic carbocycles. The summed E-state index contributed by atoms with van der Waals surface area (Å²) >= 11 is 6.10. The molecule has 0 atom stereocenters. The largest absolute Gasteiger partial charge is 0.495 e. The van der Waals surface area contributed by atoms with Gasteiger partial charge in [-0.05, 0) is 24.1 Å². The van der Waals surface area contributed by atoms with Gasteiger partial charge in [0.1, 0.15) is 5.75 Å². The van der Waals surface area contributed by atoms with E-state index in [1.807, 2.05) is 22.8 Å². The number of rotatable bonds is 4. The molecule has 1 aliphatic rings. The van der Waals surface area contributed by atoms with Crippen molar-refractivity contribution in [1.29, 1.82) is 0 Å². The van der Waals surface area contributed by atoms with Crippen LogP contribution >= 0.6 is 11.6 Å². The molecule has 1 saturated heterocycles. The number of ether oxygens (including phenoxy) is 1. The highest BCUT2D eigenvalue weighted by Crippen LogP contribution is 2.25. The van der Waals surface area contributed by atoms with Crippen LogP contribution in [0.3, 0.4) is 0 Å². The average Bonchev–Trinajstić information content (AvgIpc) is 2.80. The maximum Gasteiger partial charge on any atom is 0.227 e. The van der Waals surface area contributed by atoms with Crippen LogP contribution in [0.15, 0.2) is 18.2 Å². The molecule has 0 unspecified atom stereocenters. The summed E-state index contributed by atoms with van der Waals surface area (Å²) < 4.78 is 5.12. The monoisotopic (exact) mass is 338 g/mol. The molecule has 0 saturated carbocycles. The van der Waals surface area contributed by atoms with Gasteiger partial charge in [0, 0.05) is 32.6 Å². The van der Waals surface area contributed by atoms with Gasteiger partial charge in [-0.25, -0.2) is 0 Å². The number of amides is 2. The van der Waals surface area contributed by atoms with Crippen LogP contribution in [0.5, 0.6) is 5.75 Å².